The minimum Gasteiger partial charge on any atom is -0.328 e. The first-order valence-electron chi connectivity index (χ1n) is 8.29. The molecule has 0 atom stereocenters. The molecule has 4 aromatic rings. The average molecular weight is 364 g/mol. The Hall–Kier alpha value is -3.54. The zero-order valence-corrected chi connectivity index (χ0v) is 14.1. The van der Waals surface area contributed by atoms with Crippen LogP contribution in [0.4, 0.5) is 8.78 Å². The van der Waals surface area contributed by atoms with E-state index in [1.165, 1.54) is 10.6 Å². The zero-order chi connectivity index (χ0) is 19.0. The van der Waals surface area contributed by atoms with E-state index >= 15 is 0 Å². The van der Waals surface area contributed by atoms with E-state index in [1.807, 2.05) is 30.3 Å². The van der Waals surface area contributed by atoms with Gasteiger partial charge in [-0.05, 0) is 29.3 Å². The van der Waals surface area contributed by atoms with E-state index in [0.29, 0.717) is 10.9 Å². The van der Waals surface area contributed by atoms with Crippen LogP contribution in [0.2, 0.25) is 0 Å². The molecule has 0 unspecified atom stereocenters. The number of fused-ring (bicyclic) bond motifs is 1. The maximum Gasteiger partial charge on any atom is 0.264 e. The summed E-state index contributed by atoms with van der Waals surface area (Å²) in [6, 6.07) is 14.5. The highest BCUT2D eigenvalue weighted by molar-refractivity contribution is 5.95. The maximum atomic E-state index is 13.4. The molecule has 134 valence electrons. The molecule has 1 N–H and O–H groups in total. The quantitative estimate of drug-likeness (QED) is 0.603. The third-order valence-electron chi connectivity index (χ3n) is 4.45. The van der Waals surface area contributed by atoms with Crippen LogP contribution in [0.5, 0.6) is 0 Å². The first kappa shape index (κ1) is 16.9. The first-order chi connectivity index (χ1) is 13.0. The van der Waals surface area contributed by atoms with E-state index < -0.39 is 22.8 Å². The highest BCUT2D eigenvalue weighted by Crippen LogP contribution is 2.24. The highest BCUT2D eigenvalue weighted by atomic mass is 19.2. The fourth-order valence-corrected chi connectivity index (χ4v) is 3.12. The van der Waals surface area contributed by atoms with E-state index in [0.717, 1.165) is 23.3 Å². The molecule has 2 aromatic heterocycles. The van der Waals surface area contributed by atoms with Gasteiger partial charge in [-0.2, -0.15) is 0 Å². The molecule has 0 bridgehead atoms. The van der Waals surface area contributed by atoms with Gasteiger partial charge in [-0.1, -0.05) is 36.4 Å². The van der Waals surface area contributed by atoms with Gasteiger partial charge < -0.3 is 9.55 Å². The SMILES string of the molecule is O=c1[nH]cc(-c2ccccc2)c2ccn(Cc3ccc(F)c(F)c3)c(=O)c12. The molecule has 0 saturated heterocycles. The van der Waals surface area contributed by atoms with Gasteiger partial charge in [0, 0.05) is 23.3 Å². The van der Waals surface area contributed by atoms with Crippen LogP contribution >= 0.6 is 0 Å². The molecule has 27 heavy (non-hydrogen) atoms. The lowest BCUT2D eigenvalue weighted by atomic mass is 10.0. The van der Waals surface area contributed by atoms with Gasteiger partial charge in [0.15, 0.2) is 11.6 Å². The summed E-state index contributed by atoms with van der Waals surface area (Å²) in [7, 11) is 0. The summed E-state index contributed by atoms with van der Waals surface area (Å²) in [5.74, 6) is -1.93. The summed E-state index contributed by atoms with van der Waals surface area (Å²) < 4.78 is 27.8. The van der Waals surface area contributed by atoms with Crippen molar-refractivity contribution in [2.24, 2.45) is 0 Å². The molecule has 0 aliphatic heterocycles. The highest BCUT2D eigenvalue weighted by Gasteiger charge is 2.12. The number of benzene rings is 2. The molecule has 0 saturated carbocycles. The van der Waals surface area contributed by atoms with Crippen LogP contribution in [0, 0.1) is 11.6 Å². The first-order valence-corrected chi connectivity index (χ1v) is 8.29. The third-order valence-corrected chi connectivity index (χ3v) is 4.45. The Labute approximate surface area is 152 Å². The van der Waals surface area contributed by atoms with E-state index in [4.69, 9.17) is 0 Å². The predicted octanol–water partition coefficient (Wildman–Crippen LogP) is 3.68. The molecule has 0 fully saturated rings. The summed E-state index contributed by atoms with van der Waals surface area (Å²) in [5, 5.41) is 0.568. The van der Waals surface area contributed by atoms with Gasteiger partial charge in [-0.25, -0.2) is 8.78 Å². The van der Waals surface area contributed by atoms with E-state index in [-0.39, 0.29) is 11.9 Å². The number of hydrogen-bond acceptors (Lipinski definition) is 2. The Morgan fingerprint density at radius 3 is 2.44 bits per heavy atom. The Morgan fingerprint density at radius 2 is 1.70 bits per heavy atom. The molecule has 0 aliphatic carbocycles. The van der Waals surface area contributed by atoms with Gasteiger partial charge in [-0.3, -0.25) is 9.59 Å². The number of nitrogens with zero attached hydrogens (tertiary/aromatic N) is 1. The predicted molar refractivity (Wildman–Crippen MR) is 99.7 cm³/mol. The third kappa shape index (κ3) is 3.06. The topological polar surface area (TPSA) is 54.9 Å². The van der Waals surface area contributed by atoms with Crippen molar-refractivity contribution in [1.29, 1.82) is 0 Å². The van der Waals surface area contributed by atoms with Crippen LogP contribution in [0.3, 0.4) is 0 Å². The number of rotatable bonds is 3. The van der Waals surface area contributed by atoms with Crippen LogP contribution in [0.15, 0.2) is 76.6 Å². The summed E-state index contributed by atoms with van der Waals surface area (Å²) >= 11 is 0. The molecule has 0 amide bonds. The molecule has 0 radical (unpaired) electrons. The summed E-state index contributed by atoms with van der Waals surface area (Å²) in [4.78, 5) is 27.8. The van der Waals surface area contributed by atoms with Gasteiger partial charge in [0.05, 0.1) is 6.54 Å². The molecular formula is C21H14F2N2O2. The second kappa shape index (κ2) is 6.64. The van der Waals surface area contributed by atoms with Gasteiger partial charge in [-0.15, -0.1) is 0 Å². The number of halogens is 2. The molecule has 0 aliphatic rings. The van der Waals surface area contributed by atoms with Crippen molar-refractivity contribution in [2.45, 2.75) is 6.54 Å². The maximum absolute atomic E-state index is 13.4. The van der Waals surface area contributed by atoms with Crippen molar-refractivity contribution < 1.29 is 8.78 Å². The molecule has 0 spiro atoms. The number of pyridine rings is 2. The Kier molecular flexibility index (Phi) is 4.16. The van der Waals surface area contributed by atoms with Crippen molar-refractivity contribution in [3.05, 3.63) is 105 Å². The zero-order valence-electron chi connectivity index (χ0n) is 14.1. The van der Waals surface area contributed by atoms with Crippen LogP contribution < -0.4 is 11.1 Å². The number of aromatic nitrogens is 2. The molecular weight excluding hydrogens is 350 g/mol. The average Bonchev–Trinajstić information content (AvgIpc) is 2.67. The van der Waals surface area contributed by atoms with Gasteiger partial charge >= 0.3 is 0 Å². The minimum absolute atomic E-state index is 0.0287. The van der Waals surface area contributed by atoms with Crippen molar-refractivity contribution in [2.75, 3.05) is 0 Å². The lowest BCUT2D eigenvalue weighted by Crippen LogP contribution is -2.25. The van der Waals surface area contributed by atoms with Crippen LogP contribution in [-0.4, -0.2) is 9.55 Å². The van der Waals surface area contributed by atoms with E-state index in [9.17, 15) is 18.4 Å². The molecule has 6 heteroatoms. The number of hydrogen-bond donors (Lipinski definition) is 1. The fourth-order valence-electron chi connectivity index (χ4n) is 3.12. The minimum atomic E-state index is -0.981. The van der Waals surface area contributed by atoms with Crippen molar-refractivity contribution >= 4 is 10.8 Å². The lowest BCUT2D eigenvalue weighted by molar-refractivity contribution is 0.506. The van der Waals surface area contributed by atoms with Crippen LogP contribution in [0.1, 0.15) is 5.56 Å². The Morgan fingerprint density at radius 1 is 0.926 bits per heavy atom. The van der Waals surface area contributed by atoms with Crippen molar-refractivity contribution in [3.63, 3.8) is 0 Å². The Balaban J connectivity index is 1.87. The van der Waals surface area contributed by atoms with Crippen molar-refractivity contribution in [3.8, 4) is 11.1 Å². The second-order valence-corrected chi connectivity index (χ2v) is 6.18. The van der Waals surface area contributed by atoms with Crippen LogP contribution in [0.25, 0.3) is 21.9 Å². The van der Waals surface area contributed by atoms with Crippen molar-refractivity contribution in [1.82, 2.24) is 9.55 Å². The Bertz CT molecular complexity index is 1260. The van der Waals surface area contributed by atoms with E-state index in [2.05, 4.69) is 4.98 Å². The smallest absolute Gasteiger partial charge is 0.264 e. The normalized spacial score (nSPS) is 11.0. The molecule has 4 nitrogen and oxygen atoms in total. The van der Waals surface area contributed by atoms with Gasteiger partial charge in [0.2, 0.25) is 0 Å². The number of H-pyrrole nitrogens is 1. The lowest BCUT2D eigenvalue weighted by Gasteiger charge is -2.10. The van der Waals surface area contributed by atoms with E-state index in [1.54, 1.807) is 18.5 Å². The van der Waals surface area contributed by atoms with Gasteiger partial charge in [0.25, 0.3) is 11.1 Å². The van der Waals surface area contributed by atoms with Gasteiger partial charge in [0.1, 0.15) is 5.39 Å². The summed E-state index contributed by atoms with van der Waals surface area (Å²) in [5.41, 5.74) is 1.05. The number of aromatic amines is 1. The molecule has 2 heterocycles. The molecule has 2 aromatic carbocycles. The summed E-state index contributed by atoms with van der Waals surface area (Å²) in [6.07, 6.45) is 3.14. The monoisotopic (exact) mass is 364 g/mol. The number of nitrogens with one attached hydrogen (secondary N) is 1. The molecule has 4 rings (SSSR count). The second-order valence-electron chi connectivity index (χ2n) is 6.18. The summed E-state index contributed by atoms with van der Waals surface area (Å²) in [6.45, 7) is 0.0287. The van der Waals surface area contributed by atoms with Crippen LogP contribution in [-0.2, 0) is 6.54 Å². The fraction of sp³-hybridized carbons (Fsp3) is 0.0476. The largest absolute Gasteiger partial charge is 0.328 e. The standard InChI is InChI=1S/C21H14F2N2O2/c22-17-7-6-13(10-18(17)23)12-25-9-8-15-16(14-4-2-1-3-5-14)11-24-20(26)19(15)21(25)27/h1-11H,12H2,(H,24,26).